The van der Waals surface area contributed by atoms with Crippen molar-refractivity contribution >= 4 is 17.5 Å². The van der Waals surface area contributed by atoms with Crippen LogP contribution < -0.4 is 0 Å². The highest BCUT2D eigenvalue weighted by Gasteiger charge is 2.24. The Morgan fingerprint density at radius 1 is 1.31 bits per heavy atom. The van der Waals surface area contributed by atoms with Crippen molar-refractivity contribution in [3.63, 3.8) is 0 Å². The third-order valence-corrected chi connectivity index (χ3v) is 2.77. The lowest BCUT2D eigenvalue weighted by atomic mass is 9.96. The average Bonchev–Trinajstić information content (AvgIpc) is 2.27. The van der Waals surface area contributed by atoms with E-state index in [2.05, 4.69) is 0 Å². The quantitative estimate of drug-likeness (QED) is 0.881. The van der Waals surface area contributed by atoms with Crippen LogP contribution in [0.3, 0.4) is 0 Å². The van der Waals surface area contributed by atoms with Crippen molar-refractivity contribution in [1.82, 2.24) is 4.90 Å². The van der Waals surface area contributed by atoms with E-state index in [9.17, 15) is 9.90 Å². The Morgan fingerprint density at radius 2 is 1.81 bits per heavy atom. The molecule has 0 aromatic heterocycles. The summed E-state index contributed by atoms with van der Waals surface area (Å²) in [6.45, 7) is 1.71. The van der Waals surface area contributed by atoms with E-state index in [1.165, 1.54) is 4.90 Å². The second kappa shape index (κ2) is 5.32. The Hall–Kier alpha value is -1.06. The molecule has 0 aliphatic heterocycles. The molecule has 1 aromatic rings. The number of aliphatic hydroxyl groups is 1. The van der Waals surface area contributed by atoms with Crippen LogP contribution in [-0.4, -0.2) is 30.0 Å². The second-order valence-corrected chi connectivity index (χ2v) is 4.45. The summed E-state index contributed by atoms with van der Waals surface area (Å²) in [5.41, 5.74) is 0.701. The van der Waals surface area contributed by atoms with Crippen LogP contribution in [0.4, 0.5) is 0 Å². The van der Waals surface area contributed by atoms with Crippen molar-refractivity contribution in [3.8, 4) is 0 Å². The number of carbonyl (C=O) groups is 1. The van der Waals surface area contributed by atoms with Gasteiger partial charge in [-0.25, -0.2) is 0 Å². The lowest BCUT2D eigenvalue weighted by Crippen LogP contribution is -2.31. The van der Waals surface area contributed by atoms with E-state index in [0.29, 0.717) is 10.6 Å². The van der Waals surface area contributed by atoms with Crippen molar-refractivity contribution in [3.05, 3.63) is 34.9 Å². The Morgan fingerprint density at radius 3 is 2.25 bits per heavy atom. The van der Waals surface area contributed by atoms with Gasteiger partial charge < -0.3 is 10.0 Å². The molecular weight excluding hydrogens is 226 g/mol. The van der Waals surface area contributed by atoms with Crippen LogP contribution in [0, 0.1) is 5.92 Å². The van der Waals surface area contributed by atoms with E-state index in [1.807, 2.05) is 0 Å². The van der Waals surface area contributed by atoms with Crippen molar-refractivity contribution in [2.45, 2.75) is 13.0 Å². The summed E-state index contributed by atoms with van der Waals surface area (Å²) in [5, 5.41) is 10.6. The first kappa shape index (κ1) is 13.0. The number of hydrogen-bond donors (Lipinski definition) is 1. The summed E-state index contributed by atoms with van der Waals surface area (Å²) >= 11 is 5.75. The highest BCUT2D eigenvalue weighted by molar-refractivity contribution is 6.30. The molecule has 0 unspecified atom stereocenters. The standard InChI is InChI=1S/C12H16ClNO2/c1-8(12(16)14(2)3)11(15)9-4-6-10(13)7-5-9/h4-8,11,15H,1-3H3/t8-,11-/m0/s1. The molecule has 0 spiro atoms. The predicted octanol–water partition coefficient (Wildman–Crippen LogP) is 2.10. The number of halogens is 1. The van der Waals surface area contributed by atoms with Crippen LogP contribution in [0.1, 0.15) is 18.6 Å². The molecule has 2 atom stereocenters. The first-order valence-electron chi connectivity index (χ1n) is 5.08. The molecule has 4 heteroatoms. The molecule has 0 radical (unpaired) electrons. The summed E-state index contributed by atoms with van der Waals surface area (Å²) in [5.74, 6) is -0.557. The van der Waals surface area contributed by atoms with E-state index in [0.717, 1.165) is 0 Å². The number of benzene rings is 1. The summed E-state index contributed by atoms with van der Waals surface area (Å²) in [4.78, 5) is 13.1. The van der Waals surface area contributed by atoms with Gasteiger partial charge in [-0.05, 0) is 17.7 Å². The molecule has 0 heterocycles. The van der Waals surface area contributed by atoms with Gasteiger partial charge in [-0.2, -0.15) is 0 Å². The Kier molecular flexibility index (Phi) is 4.33. The zero-order valence-corrected chi connectivity index (χ0v) is 10.4. The van der Waals surface area contributed by atoms with Gasteiger partial charge in [0.25, 0.3) is 0 Å². The first-order valence-corrected chi connectivity index (χ1v) is 5.46. The minimum atomic E-state index is -0.799. The van der Waals surface area contributed by atoms with Crippen LogP contribution in [-0.2, 0) is 4.79 Å². The fraction of sp³-hybridized carbons (Fsp3) is 0.417. The molecule has 0 saturated heterocycles. The smallest absolute Gasteiger partial charge is 0.227 e. The predicted molar refractivity (Wildman–Crippen MR) is 64.3 cm³/mol. The van der Waals surface area contributed by atoms with Gasteiger partial charge in [0.05, 0.1) is 12.0 Å². The number of amides is 1. The maximum atomic E-state index is 11.7. The van der Waals surface area contributed by atoms with Crippen molar-refractivity contribution < 1.29 is 9.90 Å². The molecule has 1 amide bonds. The van der Waals surface area contributed by atoms with Gasteiger partial charge in [0.1, 0.15) is 0 Å². The molecule has 0 bridgehead atoms. The van der Waals surface area contributed by atoms with Crippen molar-refractivity contribution in [2.24, 2.45) is 5.92 Å². The highest BCUT2D eigenvalue weighted by atomic mass is 35.5. The molecule has 0 fully saturated rings. The minimum absolute atomic E-state index is 0.0950. The maximum absolute atomic E-state index is 11.7. The van der Waals surface area contributed by atoms with E-state index < -0.39 is 12.0 Å². The minimum Gasteiger partial charge on any atom is -0.388 e. The fourth-order valence-electron chi connectivity index (χ4n) is 1.49. The normalized spacial score (nSPS) is 14.3. The van der Waals surface area contributed by atoms with Gasteiger partial charge >= 0.3 is 0 Å². The number of carbonyl (C=O) groups excluding carboxylic acids is 1. The van der Waals surface area contributed by atoms with Crippen molar-refractivity contribution in [1.29, 1.82) is 0 Å². The molecular formula is C12H16ClNO2. The Labute approximate surface area is 101 Å². The molecule has 1 rings (SSSR count). The van der Waals surface area contributed by atoms with Crippen molar-refractivity contribution in [2.75, 3.05) is 14.1 Å². The highest BCUT2D eigenvalue weighted by Crippen LogP contribution is 2.24. The monoisotopic (exact) mass is 241 g/mol. The molecule has 3 nitrogen and oxygen atoms in total. The number of hydrogen-bond acceptors (Lipinski definition) is 2. The number of rotatable bonds is 3. The first-order chi connectivity index (χ1) is 7.43. The molecule has 16 heavy (non-hydrogen) atoms. The summed E-state index contributed by atoms with van der Waals surface area (Å²) in [6.07, 6.45) is -0.799. The molecule has 1 N–H and O–H groups in total. The Balaban J connectivity index is 2.81. The van der Waals surface area contributed by atoms with E-state index in [1.54, 1.807) is 45.3 Å². The van der Waals surface area contributed by atoms with Gasteiger partial charge in [-0.1, -0.05) is 30.7 Å². The number of aliphatic hydroxyl groups excluding tert-OH is 1. The van der Waals surface area contributed by atoms with E-state index in [4.69, 9.17) is 11.6 Å². The zero-order valence-electron chi connectivity index (χ0n) is 9.64. The van der Waals surface area contributed by atoms with Crippen LogP contribution >= 0.6 is 11.6 Å². The molecule has 0 aliphatic rings. The third-order valence-electron chi connectivity index (χ3n) is 2.52. The SMILES string of the molecule is C[C@H](C(=O)N(C)C)[C@H](O)c1ccc(Cl)cc1. The second-order valence-electron chi connectivity index (χ2n) is 4.02. The lowest BCUT2D eigenvalue weighted by molar-refractivity contribution is -0.136. The van der Waals surface area contributed by atoms with Gasteiger partial charge in [0.15, 0.2) is 0 Å². The van der Waals surface area contributed by atoms with E-state index >= 15 is 0 Å². The van der Waals surface area contributed by atoms with Crippen LogP contribution in [0.15, 0.2) is 24.3 Å². The van der Waals surface area contributed by atoms with Crippen LogP contribution in [0.25, 0.3) is 0 Å². The van der Waals surface area contributed by atoms with Crippen LogP contribution in [0.5, 0.6) is 0 Å². The van der Waals surface area contributed by atoms with Gasteiger partial charge in [0.2, 0.25) is 5.91 Å². The van der Waals surface area contributed by atoms with E-state index in [-0.39, 0.29) is 5.91 Å². The molecule has 88 valence electrons. The third kappa shape index (κ3) is 2.97. The zero-order chi connectivity index (χ0) is 12.3. The largest absolute Gasteiger partial charge is 0.388 e. The topological polar surface area (TPSA) is 40.5 Å². The van der Waals surface area contributed by atoms with Gasteiger partial charge in [-0.3, -0.25) is 4.79 Å². The fourth-order valence-corrected chi connectivity index (χ4v) is 1.62. The van der Waals surface area contributed by atoms with Gasteiger partial charge in [-0.15, -0.1) is 0 Å². The average molecular weight is 242 g/mol. The molecule has 0 saturated carbocycles. The Bertz CT molecular complexity index is 362. The van der Waals surface area contributed by atoms with Gasteiger partial charge in [0, 0.05) is 19.1 Å². The summed E-state index contributed by atoms with van der Waals surface area (Å²) in [6, 6.07) is 6.86. The molecule has 0 aliphatic carbocycles. The summed E-state index contributed by atoms with van der Waals surface area (Å²) < 4.78 is 0. The number of nitrogens with zero attached hydrogens (tertiary/aromatic N) is 1. The summed E-state index contributed by atoms with van der Waals surface area (Å²) in [7, 11) is 3.35. The lowest BCUT2D eigenvalue weighted by Gasteiger charge is -2.21. The van der Waals surface area contributed by atoms with Crippen LogP contribution in [0.2, 0.25) is 5.02 Å². The maximum Gasteiger partial charge on any atom is 0.227 e. The molecule has 1 aromatic carbocycles.